The lowest BCUT2D eigenvalue weighted by molar-refractivity contribution is -0.128. The van der Waals surface area contributed by atoms with Crippen molar-refractivity contribution >= 4 is 35.1 Å². The van der Waals surface area contributed by atoms with E-state index in [1.54, 1.807) is 19.9 Å². The van der Waals surface area contributed by atoms with Crippen molar-refractivity contribution < 1.29 is 23.9 Å². The fourth-order valence-electron chi connectivity index (χ4n) is 3.24. The zero-order valence-corrected chi connectivity index (χ0v) is 16.1. The van der Waals surface area contributed by atoms with Crippen LogP contribution >= 0.6 is 0 Å². The Balaban J connectivity index is 1.88. The van der Waals surface area contributed by atoms with E-state index in [4.69, 9.17) is 0 Å². The molecule has 9 heteroatoms. The molecule has 0 fully saturated rings. The quantitative estimate of drug-likeness (QED) is 0.482. The van der Waals surface area contributed by atoms with Gasteiger partial charge in [0.25, 0.3) is 11.8 Å². The van der Waals surface area contributed by atoms with Crippen molar-refractivity contribution in [3.8, 4) is 0 Å². The molecule has 1 aliphatic rings. The Morgan fingerprint density at radius 1 is 1.31 bits per heavy atom. The summed E-state index contributed by atoms with van der Waals surface area (Å²) in [5, 5.41) is 17.2. The van der Waals surface area contributed by atoms with Gasteiger partial charge in [0.15, 0.2) is 0 Å². The highest BCUT2D eigenvalue weighted by molar-refractivity contribution is 6.34. The number of likely N-dealkylation sites (N-methyl/N-ethyl adjacent to an activating group) is 1. The number of amides is 3. The van der Waals surface area contributed by atoms with Crippen LogP contribution in [0.25, 0.3) is 11.6 Å². The number of aromatic amines is 1. The number of aliphatic hydroxyl groups is 1. The largest absolute Gasteiger partial charge is 0.381 e. The van der Waals surface area contributed by atoms with Gasteiger partial charge in [0.2, 0.25) is 5.91 Å². The second kappa shape index (κ2) is 7.88. The van der Waals surface area contributed by atoms with Gasteiger partial charge in [-0.15, -0.1) is 0 Å². The number of carbonyl (C=O) groups is 3. The van der Waals surface area contributed by atoms with Gasteiger partial charge in [-0.3, -0.25) is 14.4 Å². The monoisotopic (exact) mass is 400 g/mol. The van der Waals surface area contributed by atoms with Crippen LogP contribution in [0.3, 0.4) is 0 Å². The maximum atomic E-state index is 13.6. The Hall–Kier alpha value is -3.46. The van der Waals surface area contributed by atoms with Crippen molar-refractivity contribution in [3.05, 3.63) is 52.1 Å². The van der Waals surface area contributed by atoms with E-state index in [-0.39, 0.29) is 18.0 Å². The summed E-state index contributed by atoms with van der Waals surface area (Å²) in [6.07, 6.45) is 0.206. The summed E-state index contributed by atoms with van der Waals surface area (Å²) in [6, 6.07) is 4.03. The third kappa shape index (κ3) is 3.90. The Morgan fingerprint density at radius 3 is 2.72 bits per heavy atom. The Kier molecular flexibility index (Phi) is 5.51. The molecule has 2 aromatic rings. The molecule has 0 radical (unpaired) electrons. The number of carbonyl (C=O) groups excluding carboxylic acids is 3. The summed E-state index contributed by atoms with van der Waals surface area (Å²) in [5.74, 6) is -1.89. The number of fused-ring (bicyclic) bond motifs is 1. The molecule has 1 aliphatic heterocycles. The first-order chi connectivity index (χ1) is 13.7. The lowest BCUT2D eigenvalue weighted by Crippen LogP contribution is -2.41. The minimum Gasteiger partial charge on any atom is -0.381 e. The van der Waals surface area contributed by atoms with Crippen molar-refractivity contribution in [2.75, 3.05) is 18.9 Å². The molecular weight excluding hydrogens is 379 g/mol. The summed E-state index contributed by atoms with van der Waals surface area (Å²) in [4.78, 5) is 39.2. The number of anilines is 1. The van der Waals surface area contributed by atoms with Crippen LogP contribution in [0.2, 0.25) is 0 Å². The fourth-order valence-corrected chi connectivity index (χ4v) is 3.24. The molecule has 0 saturated heterocycles. The molecule has 0 saturated carbocycles. The number of hydrogen-bond donors (Lipinski definition) is 5. The average Bonchev–Trinajstić information content (AvgIpc) is 3.14. The molecule has 29 heavy (non-hydrogen) atoms. The molecule has 1 aromatic carbocycles. The molecule has 8 nitrogen and oxygen atoms in total. The lowest BCUT2D eigenvalue weighted by atomic mass is 10.0. The molecule has 152 valence electrons. The summed E-state index contributed by atoms with van der Waals surface area (Å²) in [5.41, 5.74) is 3.26. The highest BCUT2D eigenvalue weighted by Gasteiger charge is 2.26. The van der Waals surface area contributed by atoms with Gasteiger partial charge in [-0.05, 0) is 43.7 Å². The summed E-state index contributed by atoms with van der Waals surface area (Å²) < 4.78 is 13.6. The lowest BCUT2D eigenvalue weighted by Gasteiger charge is -2.10. The van der Waals surface area contributed by atoms with Crippen molar-refractivity contribution in [2.45, 2.75) is 20.0 Å². The summed E-state index contributed by atoms with van der Waals surface area (Å²) >= 11 is 0. The number of hydrogen-bond acceptors (Lipinski definition) is 4. The van der Waals surface area contributed by atoms with E-state index in [1.165, 1.54) is 25.2 Å². The number of aryl methyl sites for hydroxylation is 1. The van der Waals surface area contributed by atoms with E-state index in [9.17, 15) is 23.9 Å². The molecular formula is C20H21FN4O4. The van der Waals surface area contributed by atoms with Gasteiger partial charge < -0.3 is 26.0 Å². The molecule has 3 rings (SSSR count). The van der Waals surface area contributed by atoms with E-state index in [1.807, 2.05) is 0 Å². The van der Waals surface area contributed by atoms with Gasteiger partial charge in [0.05, 0.1) is 17.7 Å². The maximum absolute atomic E-state index is 13.6. The standard InChI is InChI=1S/C20H21FN4O4/c1-9-15(7-13-12-6-11(21)4-5-14(12)25-18(13)27)24-10(2)17(9)20(29)23-8-16(26)19(28)22-3/h4-7,16,24,26H,8H2,1-3H3,(H,22,28)(H,23,29)(H,25,27)/b13-7-/t16-/m1/s1. The minimum absolute atomic E-state index is 0.242. The SMILES string of the molecule is CNC(=O)[C@H](O)CNC(=O)c1c(C)[nH]c(/C=C2\C(=O)Nc3ccc(F)cc32)c1C. The highest BCUT2D eigenvalue weighted by Crippen LogP contribution is 2.34. The van der Waals surface area contributed by atoms with Gasteiger partial charge in [0, 0.05) is 29.7 Å². The second-order valence-corrected chi connectivity index (χ2v) is 6.71. The molecule has 1 aromatic heterocycles. The van der Waals surface area contributed by atoms with Gasteiger partial charge in [-0.1, -0.05) is 0 Å². The average molecular weight is 400 g/mol. The number of aliphatic hydroxyl groups excluding tert-OH is 1. The van der Waals surface area contributed by atoms with Crippen LogP contribution < -0.4 is 16.0 Å². The molecule has 0 aliphatic carbocycles. The Bertz CT molecular complexity index is 1040. The predicted molar refractivity (Wildman–Crippen MR) is 106 cm³/mol. The van der Waals surface area contributed by atoms with Gasteiger partial charge >= 0.3 is 0 Å². The summed E-state index contributed by atoms with van der Waals surface area (Å²) in [7, 11) is 1.39. The van der Waals surface area contributed by atoms with Gasteiger partial charge in [-0.2, -0.15) is 0 Å². The number of benzene rings is 1. The van der Waals surface area contributed by atoms with Gasteiger partial charge in [-0.25, -0.2) is 4.39 Å². The number of H-pyrrole nitrogens is 1. The topological polar surface area (TPSA) is 123 Å². The molecule has 0 bridgehead atoms. The zero-order valence-electron chi connectivity index (χ0n) is 16.1. The summed E-state index contributed by atoms with van der Waals surface area (Å²) in [6.45, 7) is 3.16. The fraction of sp³-hybridized carbons (Fsp3) is 0.250. The number of rotatable bonds is 5. The molecule has 1 atom stereocenters. The van der Waals surface area contributed by atoms with Crippen LogP contribution in [0, 0.1) is 19.7 Å². The molecule has 3 amide bonds. The molecule has 0 unspecified atom stereocenters. The first-order valence-corrected chi connectivity index (χ1v) is 8.93. The predicted octanol–water partition coefficient (Wildman–Crippen LogP) is 1.10. The van der Waals surface area contributed by atoms with Crippen molar-refractivity contribution in [2.24, 2.45) is 0 Å². The van der Waals surface area contributed by atoms with Crippen LogP contribution in [0.1, 0.15) is 32.9 Å². The minimum atomic E-state index is -1.36. The van der Waals surface area contributed by atoms with Crippen molar-refractivity contribution in [1.82, 2.24) is 15.6 Å². The van der Waals surface area contributed by atoms with Crippen LogP contribution in [-0.4, -0.2) is 47.5 Å². The van der Waals surface area contributed by atoms with E-state index in [0.717, 1.165) is 0 Å². The first kappa shape index (κ1) is 20.3. The number of halogens is 1. The second-order valence-electron chi connectivity index (χ2n) is 6.71. The molecule has 5 N–H and O–H groups in total. The highest BCUT2D eigenvalue weighted by atomic mass is 19.1. The number of aromatic nitrogens is 1. The number of nitrogens with one attached hydrogen (secondary N) is 4. The van der Waals surface area contributed by atoms with Crippen LogP contribution in [0.4, 0.5) is 10.1 Å². The smallest absolute Gasteiger partial charge is 0.256 e. The van der Waals surface area contributed by atoms with Crippen LogP contribution in [0.5, 0.6) is 0 Å². The first-order valence-electron chi connectivity index (χ1n) is 8.93. The van der Waals surface area contributed by atoms with Crippen LogP contribution in [-0.2, 0) is 9.59 Å². The third-order valence-corrected chi connectivity index (χ3v) is 4.76. The van der Waals surface area contributed by atoms with Crippen molar-refractivity contribution in [3.63, 3.8) is 0 Å². The third-order valence-electron chi connectivity index (χ3n) is 4.76. The van der Waals surface area contributed by atoms with E-state index < -0.39 is 23.7 Å². The molecule has 2 heterocycles. The zero-order chi connectivity index (χ0) is 21.3. The molecule has 0 spiro atoms. The van der Waals surface area contributed by atoms with Crippen molar-refractivity contribution in [1.29, 1.82) is 0 Å². The van der Waals surface area contributed by atoms with E-state index in [0.29, 0.717) is 33.8 Å². The normalized spacial score (nSPS) is 15.1. The van der Waals surface area contributed by atoms with Crippen LogP contribution in [0.15, 0.2) is 18.2 Å². The van der Waals surface area contributed by atoms with Gasteiger partial charge in [0.1, 0.15) is 11.9 Å². The Morgan fingerprint density at radius 2 is 2.03 bits per heavy atom. The van der Waals surface area contributed by atoms with E-state index >= 15 is 0 Å². The maximum Gasteiger partial charge on any atom is 0.256 e. The Labute approximate surface area is 166 Å². The van der Waals surface area contributed by atoms with E-state index in [2.05, 4.69) is 20.9 Å².